The first-order valence-corrected chi connectivity index (χ1v) is 13.0. The van der Waals surface area contributed by atoms with Gasteiger partial charge >= 0.3 is 0 Å². The quantitative estimate of drug-likeness (QED) is 0.450. The number of imide groups is 1. The normalized spacial score (nSPS) is 25.3. The van der Waals surface area contributed by atoms with Crippen molar-refractivity contribution in [3.63, 3.8) is 0 Å². The third kappa shape index (κ3) is 4.07. The number of carbonyl (C=O) groups excluding carboxylic acids is 3. The van der Waals surface area contributed by atoms with Crippen molar-refractivity contribution in [2.24, 2.45) is 11.8 Å². The van der Waals surface area contributed by atoms with Crippen molar-refractivity contribution in [3.8, 4) is 11.5 Å². The maximum absolute atomic E-state index is 13.2. The predicted octanol–water partition coefficient (Wildman–Crippen LogP) is 0.632. The maximum Gasteiger partial charge on any atom is 0.243 e. The molecular formula is C23H27N3O7S. The molecule has 3 heterocycles. The molecule has 0 spiro atoms. The summed E-state index contributed by atoms with van der Waals surface area (Å²) in [6, 6.07) is 4.58. The molecule has 5 rings (SSSR count). The molecule has 3 aliphatic heterocycles. The van der Waals surface area contributed by atoms with Gasteiger partial charge in [0.1, 0.15) is 6.54 Å². The largest absolute Gasteiger partial charge is 0.490 e. The van der Waals surface area contributed by atoms with Crippen LogP contribution in [0.5, 0.6) is 11.5 Å². The Bertz CT molecular complexity index is 1120. The summed E-state index contributed by atoms with van der Waals surface area (Å²) >= 11 is 0. The third-order valence-electron chi connectivity index (χ3n) is 6.84. The molecule has 1 aliphatic carbocycles. The highest BCUT2D eigenvalue weighted by Gasteiger charge is 2.48. The van der Waals surface area contributed by atoms with E-state index in [1.54, 1.807) is 6.07 Å². The minimum absolute atomic E-state index is 0.112. The number of allylic oxidation sites excluding steroid dienone is 2. The van der Waals surface area contributed by atoms with Crippen LogP contribution in [0.3, 0.4) is 0 Å². The molecule has 182 valence electrons. The average Bonchev–Trinajstić information content (AvgIpc) is 3.01. The molecule has 0 bridgehead atoms. The lowest BCUT2D eigenvalue weighted by Crippen LogP contribution is -2.53. The number of hydrogen-bond donors (Lipinski definition) is 0. The first kappa shape index (κ1) is 22.9. The van der Waals surface area contributed by atoms with Crippen LogP contribution in [0.25, 0.3) is 0 Å². The van der Waals surface area contributed by atoms with Crippen molar-refractivity contribution in [2.45, 2.75) is 24.2 Å². The van der Waals surface area contributed by atoms with Crippen LogP contribution in [0.2, 0.25) is 0 Å². The number of carbonyl (C=O) groups is 3. The Kier molecular flexibility index (Phi) is 6.07. The van der Waals surface area contributed by atoms with Gasteiger partial charge in [-0.05, 0) is 25.0 Å². The summed E-state index contributed by atoms with van der Waals surface area (Å²) in [7, 11) is -3.78. The predicted molar refractivity (Wildman–Crippen MR) is 119 cm³/mol. The molecule has 0 radical (unpaired) electrons. The Morgan fingerprint density at radius 1 is 0.912 bits per heavy atom. The second-order valence-corrected chi connectivity index (χ2v) is 10.8. The van der Waals surface area contributed by atoms with E-state index < -0.39 is 10.0 Å². The molecule has 4 aliphatic rings. The minimum Gasteiger partial charge on any atom is -0.490 e. The van der Waals surface area contributed by atoms with E-state index in [9.17, 15) is 22.8 Å². The lowest BCUT2D eigenvalue weighted by Gasteiger charge is -2.34. The summed E-state index contributed by atoms with van der Waals surface area (Å²) in [6.07, 6.45) is 5.58. The Balaban J connectivity index is 1.21. The van der Waals surface area contributed by atoms with E-state index in [0.29, 0.717) is 37.6 Å². The highest BCUT2D eigenvalue weighted by molar-refractivity contribution is 7.89. The van der Waals surface area contributed by atoms with Crippen molar-refractivity contribution >= 4 is 27.7 Å². The summed E-state index contributed by atoms with van der Waals surface area (Å²) < 4.78 is 38.9. The molecule has 2 fully saturated rings. The van der Waals surface area contributed by atoms with Gasteiger partial charge in [-0.1, -0.05) is 12.2 Å². The summed E-state index contributed by atoms with van der Waals surface area (Å²) in [4.78, 5) is 40.8. The van der Waals surface area contributed by atoms with E-state index in [0.717, 1.165) is 11.3 Å². The van der Waals surface area contributed by atoms with Gasteiger partial charge in [-0.2, -0.15) is 4.31 Å². The lowest BCUT2D eigenvalue weighted by atomic mass is 9.85. The van der Waals surface area contributed by atoms with E-state index in [1.807, 2.05) is 12.2 Å². The number of rotatable bonds is 4. The Morgan fingerprint density at radius 3 is 2.18 bits per heavy atom. The van der Waals surface area contributed by atoms with Crippen LogP contribution in [0.15, 0.2) is 35.2 Å². The monoisotopic (exact) mass is 489 g/mol. The van der Waals surface area contributed by atoms with Crippen LogP contribution in [-0.4, -0.2) is 86.2 Å². The fourth-order valence-electron chi connectivity index (χ4n) is 4.89. The van der Waals surface area contributed by atoms with Crippen molar-refractivity contribution in [2.75, 3.05) is 45.9 Å². The first-order chi connectivity index (χ1) is 16.4. The van der Waals surface area contributed by atoms with E-state index >= 15 is 0 Å². The average molecular weight is 490 g/mol. The molecule has 1 aromatic carbocycles. The smallest absolute Gasteiger partial charge is 0.243 e. The Morgan fingerprint density at radius 2 is 1.53 bits per heavy atom. The molecular weight excluding hydrogens is 462 g/mol. The highest BCUT2D eigenvalue weighted by atomic mass is 32.2. The molecule has 0 aromatic heterocycles. The first-order valence-electron chi connectivity index (χ1n) is 11.5. The van der Waals surface area contributed by atoms with Crippen LogP contribution in [-0.2, 0) is 24.4 Å². The topological polar surface area (TPSA) is 114 Å². The van der Waals surface area contributed by atoms with E-state index in [-0.39, 0.29) is 67.2 Å². The van der Waals surface area contributed by atoms with Crippen molar-refractivity contribution in [1.29, 1.82) is 0 Å². The van der Waals surface area contributed by atoms with Gasteiger partial charge in [-0.3, -0.25) is 19.3 Å². The van der Waals surface area contributed by atoms with Gasteiger partial charge < -0.3 is 14.4 Å². The number of sulfonamides is 1. The molecule has 3 amide bonds. The van der Waals surface area contributed by atoms with Gasteiger partial charge in [0.05, 0.1) is 29.9 Å². The molecule has 0 unspecified atom stereocenters. The maximum atomic E-state index is 13.2. The van der Waals surface area contributed by atoms with Crippen LogP contribution in [0.1, 0.15) is 19.3 Å². The number of ether oxygens (including phenoxy) is 2. The molecule has 10 nitrogen and oxygen atoms in total. The zero-order valence-electron chi connectivity index (χ0n) is 18.7. The number of benzene rings is 1. The number of nitrogens with zero attached hydrogens (tertiary/aromatic N) is 3. The fourth-order valence-corrected chi connectivity index (χ4v) is 6.33. The van der Waals surface area contributed by atoms with E-state index in [1.165, 1.54) is 21.3 Å². The van der Waals surface area contributed by atoms with Crippen LogP contribution < -0.4 is 9.47 Å². The number of amides is 3. The highest BCUT2D eigenvalue weighted by Crippen LogP contribution is 2.35. The van der Waals surface area contributed by atoms with E-state index in [2.05, 4.69) is 0 Å². The van der Waals surface area contributed by atoms with E-state index in [4.69, 9.17) is 9.47 Å². The zero-order valence-corrected chi connectivity index (χ0v) is 19.5. The van der Waals surface area contributed by atoms with Gasteiger partial charge in [0, 0.05) is 38.7 Å². The molecule has 11 heteroatoms. The lowest BCUT2D eigenvalue weighted by molar-refractivity contribution is -0.147. The molecule has 0 saturated carbocycles. The SMILES string of the molecule is O=C(CN1C(=O)[C@@H]2CC=CC[C@H]2C1=O)N1CCN(S(=O)(=O)c2ccc3c(c2)OCCCO3)CC1. The molecule has 2 atom stereocenters. The summed E-state index contributed by atoms with van der Waals surface area (Å²) in [5, 5.41) is 0. The fraction of sp³-hybridized carbons (Fsp3) is 0.522. The Labute approximate surface area is 198 Å². The van der Waals surface area contributed by atoms with Crippen LogP contribution >= 0.6 is 0 Å². The molecule has 1 aromatic rings. The van der Waals surface area contributed by atoms with Gasteiger partial charge in [0.2, 0.25) is 27.7 Å². The minimum atomic E-state index is -3.78. The van der Waals surface area contributed by atoms with Gasteiger partial charge in [-0.15, -0.1) is 0 Å². The number of fused-ring (bicyclic) bond motifs is 2. The number of hydrogen-bond acceptors (Lipinski definition) is 7. The molecule has 0 N–H and O–H groups in total. The van der Waals surface area contributed by atoms with Gasteiger partial charge in [0.25, 0.3) is 0 Å². The van der Waals surface area contributed by atoms with Crippen molar-refractivity contribution < 1.29 is 32.3 Å². The molecule has 2 saturated heterocycles. The number of likely N-dealkylation sites (tertiary alicyclic amines) is 1. The third-order valence-corrected chi connectivity index (χ3v) is 8.73. The van der Waals surface area contributed by atoms with Crippen LogP contribution in [0.4, 0.5) is 0 Å². The van der Waals surface area contributed by atoms with Crippen molar-refractivity contribution in [3.05, 3.63) is 30.4 Å². The summed E-state index contributed by atoms with van der Waals surface area (Å²) in [5.74, 6) is -0.741. The standard InChI is InChI=1S/C23H27N3O7S/c27-21(15-26-22(28)17-4-1-2-5-18(17)23(26)29)24-8-10-25(11-9-24)34(30,31)16-6-7-19-20(14-16)33-13-3-12-32-19/h1-2,6-7,14,17-18H,3-5,8-13,15H2/t17-,18-/m1/s1. The number of piperazine rings is 1. The van der Waals surface area contributed by atoms with Crippen molar-refractivity contribution in [1.82, 2.24) is 14.1 Å². The van der Waals surface area contributed by atoms with Crippen LogP contribution in [0, 0.1) is 11.8 Å². The van der Waals surface area contributed by atoms with Gasteiger partial charge in [0.15, 0.2) is 11.5 Å². The second kappa shape index (κ2) is 9.03. The zero-order chi connectivity index (χ0) is 23.9. The summed E-state index contributed by atoms with van der Waals surface area (Å²) in [6.45, 7) is 1.30. The second-order valence-electron chi connectivity index (χ2n) is 8.86. The summed E-state index contributed by atoms with van der Waals surface area (Å²) in [5.41, 5.74) is 0. The Hall–Kier alpha value is -2.92. The van der Waals surface area contributed by atoms with Gasteiger partial charge in [-0.25, -0.2) is 8.42 Å². The molecule has 34 heavy (non-hydrogen) atoms.